The van der Waals surface area contributed by atoms with E-state index in [0.717, 1.165) is 5.57 Å². The maximum atomic E-state index is 11.1. The number of esters is 1. The Morgan fingerprint density at radius 1 is 1.64 bits per heavy atom. The van der Waals surface area contributed by atoms with E-state index in [2.05, 4.69) is 17.6 Å². The first-order valence-corrected chi connectivity index (χ1v) is 4.37. The molecule has 1 rings (SSSR count). The Morgan fingerprint density at radius 2 is 2.29 bits per heavy atom. The number of carbonyl (C=O) groups excluding carboxylic acids is 2. The molecule has 1 heterocycles. The van der Waals surface area contributed by atoms with Crippen molar-refractivity contribution in [3.8, 4) is 0 Å². The van der Waals surface area contributed by atoms with Gasteiger partial charge in [0.15, 0.2) is 0 Å². The van der Waals surface area contributed by atoms with Gasteiger partial charge in [-0.2, -0.15) is 0 Å². The van der Waals surface area contributed by atoms with Gasteiger partial charge in [-0.1, -0.05) is 6.58 Å². The van der Waals surface area contributed by atoms with Crippen molar-refractivity contribution < 1.29 is 14.3 Å². The Morgan fingerprint density at radius 3 is 2.79 bits per heavy atom. The third-order valence-electron chi connectivity index (χ3n) is 2.14. The van der Waals surface area contributed by atoms with Crippen molar-refractivity contribution in [3.05, 3.63) is 17.9 Å². The van der Waals surface area contributed by atoms with Gasteiger partial charge in [-0.05, 0) is 12.5 Å². The number of carbonyl (C=O) groups is 2. The van der Waals surface area contributed by atoms with Crippen LogP contribution >= 0.6 is 0 Å². The lowest BCUT2D eigenvalue weighted by atomic mass is 10.1. The zero-order valence-corrected chi connectivity index (χ0v) is 8.29. The average Bonchev–Trinajstić information content (AvgIpc) is 2.44. The van der Waals surface area contributed by atoms with Crippen molar-refractivity contribution in [2.24, 2.45) is 0 Å². The van der Waals surface area contributed by atoms with Crippen LogP contribution in [-0.2, 0) is 14.3 Å². The molecule has 4 nitrogen and oxygen atoms in total. The van der Waals surface area contributed by atoms with Gasteiger partial charge in [-0.25, -0.2) is 0 Å². The van der Waals surface area contributed by atoms with Crippen LogP contribution in [0, 0.1) is 0 Å². The Labute approximate surface area is 82.6 Å². The minimum Gasteiger partial charge on any atom is -0.459 e. The summed E-state index contributed by atoms with van der Waals surface area (Å²) < 4.78 is 5.01. The van der Waals surface area contributed by atoms with Gasteiger partial charge < -0.3 is 10.1 Å². The highest BCUT2D eigenvalue weighted by molar-refractivity contribution is 5.81. The molecule has 0 bridgehead atoms. The van der Waals surface area contributed by atoms with E-state index in [1.807, 2.05) is 0 Å². The molecule has 0 unspecified atom stereocenters. The van der Waals surface area contributed by atoms with E-state index in [1.165, 1.54) is 6.92 Å². The second-order valence-electron chi connectivity index (χ2n) is 3.26. The first kappa shape index (κ1) is 10.5. The van der Waals surface area contributed by atoms with E-state index in [9.17, 15) is 9.59 Å². The molecule has 0 radical (unpaired) electrons. The third kappa shape index (κ3) is 2.24. The molecule has 76 valence electrons. The van der Waals surface area contributed by atoms with Crippen LogP contribution in [0.3, 0.4) is 0 Å². The monoisotopic (exact) mass is 195 g/mol. The fourth-order valence-corrected chi connectivity index (χ4v) is 1.45. The summed E-state index contributed by atoms with van der Waals surface area (Å²) in [5.74, 6) is -0.496. The highest BCUT2D eigenvalue weighted by Gasteiger charge is 2.35. The number of amides is 1. The van der Waals surface area contributed by atoms with E-state index in [0.29, 0.717) is 0 Å². The molecular formula is C10H13NO3. The predicted octanol–water partition coefficient (Wildman–Crippen LogP) is 0.538. The maximum Gasteiger partial charge on any atom is 0.303 e. The molecule has 1 amide bonds. The number of nitrogens with one attached hydrogen (secondary N) is 1. The van der Waals surface area contributed by atoms with E-state index >= 15 is 0 Å². The SMILES string of the molecule is C=C=C(C)[C@@H]1NC(=O)C[C@@H]1OC(C)=O. The lowest BCUT2D eigenvalue weighted by Crippen LogP contribution is -2.34. The topological polar surface area (TPSA) is 55.4 Å². The van der Waals surface area contributed by atoms with Gasteiger partial charge in [0, 0.05) is 6.92 Å². The quantitative estimate of drug-likeness (QED) is 0.516. The molecule has 2 atom stereocenters. The van der Waals surface area contributed by atoms with Gasteiger partial charge in [-0.3, -0.25) is 9.59 Å². The second-order valence-corrected chi connectivity index (χ2v) is 3.26. The van der Waals surface area contributed by atoms with Crippen LogP contribution in [0.2, 0.25) is 0 Å². The van der Waals surface area contributed by atoms with Crippen LogP contribution < -0.4 is 5.32 Å². The van der Waals surface area contributed by atoms with Crippen LogP contribution in [0.25, 0.3) is 0 Å². The van der Waals surface area contributed by atoms with Gasteiger partial charge in [0.25, 0.3) is 0 Å². The van der Waals surface area contributed by atoms with Crippen molar-refractivity contribution in [2.45, 2.75) is 32.4 Å². The molecule has 0 aromatic heterocycles. The van der Waals surface area contributed by atoms with Crippen LogP contribution in [0.4, 0.5) is 0 Å². The fraction of sp³-hybridized carbons (Fsp3) is 0.500. The summed E-state index contributed by atoms with van der Waals surface area (Å²) in [5.41, 5.74) is 3.47. The lowest BCUT2D eigenvalue weighted by Gasteiger charge is -2.17. The normalized spacial score (nSPS) is 25.1. The zero-order chi connectivity index (χ0) is 10.7. The number of hydrogen-bond acceptors (Lipinski definition) is 3. The van der Waals surface area contributed by atoms with Gasteiger partial charge in [0.05, 0.1) is 12.5 Å². The molecule has 4 heteroatoms. The molecule has 1 aliphatic rings. The van der Waals surface area contributed by atoms with Crippen LogP contribution in [0.5, 0.6) is 0 Å². The zero-order valence-electron chi connectivity index (χ0n) is 8.29. The summed E-state index contributed by atoms with van der Waals surface area (Å²) >= 11 is 0. The summed E-state index contributed by atoms with van der Waals surface area (Å²) in [5, 5.41) is 2.70. The van der Waals surface area contributed by atoms with Crippen LogP contribution in [-0.4, -0.2) is 24.0 Å². The lowest BCUT2D eigenvalue weighted by molar-refractivity contribution is -0.146. The Bertz CT molecular complexity index is 315. The minimum atomic E-state index is -0.422. The summed E-state index contributed by atoms with van der Waals surface area (Å²) in [4.78, 5) is 21.9. The maximum absolute atomic E-state index is 11.1. The first-order valence-electron chi connectivity index (χ1n) is 4.37. The molecule has 0 aromatic carbocycles. The number of hydrogen-bond donors (Lipinski definition) is 1. The summed E-state index contributed by atoms with van der Waals surface area (Å²) in [7, 11) is 0. The predicted molar refractivity (Wildman–Crippen MR) is 50.4 cm³/mol. The molecule has 0 spiro atoms. The molecular weight excluding hydrogens is 182 g/mol. The van der Waals surface area contributed by atoms with Crippen molar-refractivity contribution in [2.75, 3.05) is 0 Å². The van der Waals surface area contributed by atoms with Gasteiger partial charge in [0.1, 0.15) is 6.10 Å². The molecule has 1 aliphatic heterocycles. The highest BCUT2D eigenvalue weighted by Crippen LogP contribution is 2.18. The van der Waals surface area contributed by atoms with Gasteiger partial charge >= 0.3 is 5.97 Å². The van der Waals surface area contributed by atoms with Crippen molar-refractivity contribution in [3.63, 3.8) is 0 Å². The standard InChI is InChI=1S/C10H13NO3/c1-4-6(2)10-8(14-7(3)12)5-9(13)11-10/h8,10H,1,5H2,2-3H3,(H,11,13)/t8-,10-/m0/s1. The average molecular weight is 195 g/mol. The van der Waals surface area contributed by atoms with Gasteiger partial charge in [-0.15, -0.1) is 5.73 Å². The van der Waals surface area contributed by atoms with Crippen molar-refractivity contribution >= 4 is 11.9 Å². The van der Waals surface area contributed by atoms with Crippen molar-refractivity contribution in [1.29, 1.82) is 0 Å². The summed E-state index contributed by atoms with van der Waals surface area (Å²) in [6.45, 7) is 6.61. The molecule has 1 saturated heterocycles. The minimum absolute atomic E-state index is 0.115. The molecule has 14 heavy (non-hydrogen) atoms. The van der Waals surface area contributed by atoms with Crippen LogP contribution in [0.1, 0.15) is 20.3 Å². The fourth-order valence-electron chi connectivity index (χ4n) is 1.45. The third-order valence-corrected chi connectivity index (χ3v) is 2.14. The molecule has 1 fully saturated rings. The molecule has 0 saturated carbocycles. The highest BCUT2D eigenvalue weighted by atomic mass is 16.5. The summed E-state index contributed by atoms with van der Waals surface area (Å²) in [6, 6.07) is -0.274. The first-order chi connectivity index (χ1) is 6.54. The van der Waals surface area contributed by atoms with E-state index in [1.54, 1.807) is 6.92 Å². The molecule has 1 N–H and O–H groups in total. The largest absolute Gasteiger partial charge is 0.459 e. The smallest absolute Gasteiger partial charge is 0.303 e. The Kier molecular flexibility index (Phi) is 3.10. The number of rotatable bonds is 2. The Hall–Kier alpha value is -1.54. The van der Waals surface area contributed by atoms with E-state index in [4.69, 9.17) is 4.74 Å². The van der Waals surface area contributed by atoms with Gasteiger partial charge in [0.2, 0.25) is 5.91 Å². The van der Waals surface area contributed by atoms with Crippen LogP contribution in [0.15, 0.2) is 17.9 Å². The van der Waals surface area contributed by atoms with Crippen molar-refractivity contribution in [1.82, 2.24) is 5.32 Å². The second kappa shape index (κ2) is 4.11. The Balaban J connectivity index is 2.77. The number of ether oxygens (including phenoxy) is 1. The molecule has 0 aliphatic carbocycles. The molecule has 0 aromatic rings. The van der Waals surface area contributed by atoms with E-state index < -0.39 is 6.10 Å². The van der Waals surface area contributed by atoms with E-state index in [-0.39, 0.29) is 24.3 Å². The summed E-state index contributed by atoms with van der Waals surface area (Å²) in [6.07, 6.45) is -0.210.